The van der Waals surface area contributed by atoms with E-state index in [2.05, 4.69) is 4.98 Å². The van der Waals surface area contributed by atoms with Crippen molar-refractivity contribution in [1.29, 1.82) is 0 Å². The van der Waals surface area contributed by atoms with Crippen molar-refractivity contribution in [1.82, 2.24) is 19.2 Å². The van der Waals surface area contributed by atoms with Gasteiger partial charge in [-0.15, -0.1) is 0 Å². The van der Waals surface area contributed by atoms with Crippen LogP contribution in [0, 0.1) is 10.1 Å². The van der Waals surface area contributed by atoms with Crippen LogP contribution in [-0.2, 0) is 0 Å². The number of amides is 2. The summed E-state index contributed by atoms with van der Waals surface area (Å²) in [4.78, 5) is 33.9. The predicted octanol–water partition coefficient (Wildman–Crippen LogP) is 1.97. The smallest absolute Gasteiger partial charge is 0.358 e. The van der Waals surface area contributed by atoms with E-state index in [1.165, 1.54) is 10.8 Å². The molecular weight excluding hydrogens is 336 g/mol. The summed E-state index contributed by atoms with van der Waals surface area (Å²) in [5.74, 6) is 0.364. The standard InChI is InChI=1S/C17H22N6O3/c24-17(20-7-3-1-4-8-20)21-12-10-19(11-13-21)15-16(23(25)26)22-9-5-2-6-14(22)18-15/h2,5-6,9H,1,3-4,7-8,10-13H2. The SMILES string of the molecule is O=C(N1CCCCC1)N1CCN(c2nc3ccccn3c2[N+](=O)[O-])CC1. The third-order valence-corrected chi connectivity index (χ3v) is 5.14. The lowest BCUT2D eigenvalue weighted by atomic mass is 10.1. The Morgan fingerprint density at radius 3 is 2.38 bits per heavy atom. The number of fused-ring (bicyclic) bond motifs is 1. The summed E-state index contributed by atoms with van der Waals surface area (Å²) in [6, 6.07) is 5.41. The van der Waals surface area contributed by atoms with Gasteiger partial charge in [-0.1, -0.05) is 6.07 Å². The van der Waals surface area contributed by atoms with Crippen LogP contribution < -0.4 is 4.90 Å². The molecule has 0 atom stereocenters. The molecule has 0 bridgehead atoms. The van der Waals surface area contributed by atoms with Crippen LogP contribution in [0.2, 0.25) is 0 Å². The van der Waals surface area contributed by atoms with Crippen LogP contribution in [-0.4, -0.2) is 69.4 Å². The zero-order valence-electron chi connectivity index (χ0n) is 14.6. The summed E-state index contributed by atoms with van der Waals surface area (Å²) in [5.41, 5.74) is 0.557. The minimum Gasteiger partial charge on any atom is -0.358 e. The average molecular weight is 358 g/mol. The molecule has 0 saturated carbocycles. The molecule has 0 aromatic carbocycles. The number of carbonyl (C=O) groups is 1. The fourth-order valence-electron chi connectivity index (χ4n) is 3.75. The number of piperazine rings is 1. The van der Waals surface area contributed by atoms with Crippen molar-refractivity contribution < 1.29 is 9.72 Å². The number of urea groups is 1. The van der Waals surface area contributed by atoms with Crippen molar-refractivity contribution in [3.63, 3.8) is 0 Å². The first kappa shape index (κ1) is 16.6. The van der Waals surface area contributed by atoms with Gasteiger partial charge < -0.3 is 24.8 Å². The number of rotatable bonds is 2. The van der Waals surface area contributed by atoms with Gasteiger partial charge >= 0.3 is 11.8 Å². The predicted molar refractivity (Wildman–Crippen MR) is 96.5 cm³/mol. The number of piperidine rings is 1. The molecule has 0 radical (unpaired) electrons. The molecule has 9 nitrogen and oxygen atoms in total. The monoisotopic (exact) mass is 358 g/mol. The molecule has 2 amide bonds. The maximum absolute atomic E-state index is 12.6. The highest BCUT2D eigenvalue weighted by Gasteiger charge is 2.31. The van der Waals surface area contributed by atoms with Crippen LogP contribution in [0.3, 0.4) is 0 Å². The van der Waals surface area contributed by atoms with Crippen molar-refractivity contribution in [3.05, 3.63) is 34.5 Å². The summed E-state index contributed by atoms with van der Waals surface area (Å²) in [6.45, 7) is 3.86. The third kappa shape index (κ3) is 2.93. The number of likely N-dealkylation sites (tertiary alicyclic amines) is 1. The van der Waals surface area contributed by atoms with E-state index in [1.807, 2.05) is 20.8 Å². The molecule has 4 rings (SSSR count). The van der Waals surface area contributed by atoms with Gasteiger partial charge in [0.1, 0.15) is 0 Å². The number of anilines is 1. The second kappa shape index (κ2) is 6.81. The largest absolute Gasteiger partial charge is 0.372 e. The first-order valence-electron chi connectivity index (χ1n) is 9.05. The van der Waals surface area contributed by atoms with Crippen LogP contribution in [0.4, 0.5) is 16.4 Å². The van der Waals surface area contributed by atoms with Gasteiger partial charge in [0.15, 0.2) is 0 Å². The maximum atomic E-state index is 12.6. The normalized spacial score (nSPS) is 18.4. The molecule has 4 heterocycles. The molecule has 2 aromatic rings. The van der Waals surface area contributed by atoms with Crippen molar-refractivity contribution >= 4 is 23.3 Å². The minimum absolute atomic E-state index is 0.0172. The molecule has 2 aliphatic heterocycles. The van der Waals surface area contributed by atoms with E-state index >= 15 is 0 Å². The molecule has 2 fully saturated rings. The molecule has 138 valence electrons. The lowest BCUT2D eigenvalue weighted by Crippen LogP contribution is -2.53. The summed E-state index contributed by atoms with van der Waals surface area (Å²) in [5, 5.41) is 11.6. The number of nitro groups is 1. The van der Waals surface area contributed by atoms with Gasteiger partial charge in [-0.05, 0) is 30.3 Å². The van der Waals surface area contributed by atoms with Gasteiger partial charge in [-0.3, -0.25) is 0 Å². The summed E-state index contributed by atoms with van der Waals surface area (Å²) < 4.78 is 1.50. The molecule has 0 spiro atoms. The Morgan fingerprint density at radius 1 is 1.00 bits per heavy atom. The third-order valence-electron chi connectivity index (χ3n) is 5.14. The van der Waals surface area contributed by atoms with Crippen molar-refractivity contribution in [2.45, 2.75) is 19.3 Å². The number of imidazole rings is 1. The van der Waals surface area contributed by atoms with Crippen LogP contribution >= 0.6 is 0 Å². The van der Waals surface area contributed by atoms with E-state index in [0.717, 1.165) is 25.9 Å². The fraction of sp³-hybridized carbons (Fsp3) is 0.529. The van der Waals surface area contributed by atoms with E-state index in [-0.39, 0.29) is 16.8 Å². The van der Waals surface area contributed by atoms with E-state index < -0.39 is 0 Å². The minimum atomic E-state index is -0.388. The number of nitrogens with zero attached hydrogens (tertiary/aromatic N) is 6. The maximum Gasteiger partial charge on any atom is 0.372 e. The van der Waals surface area contributed by atoms with Crippen molar-refractivity contribution in [2.24, 2.45) is 0 Å². The van der Waals surface area contributed by atoms with E-state index in [4.69, 9.17) is 0 Å². The van der Waals surface area contributed by atoms with E-state index in [0.29, 0.717) is 37.6 Å². The highest BCUT2D eigenvalue weighted by atomic mass is 16.6. The van der Waals surface area contributed by atoms with Gasteiger partial charge in [0.2, 0.25) is 11.5 Å². The molecule has 0 unspecified atom stereocenters. The highest BCUT2D eigenvalue weighted by molar-refractivity contribution is 5.75. The molecular formula is C17H22N6O3. The summed E-state index contributed by atoms with van der Waals surface area (Å²) >= 11 is 0. The first-order chi connectivity index (χ1) is 12.6. The van der Waals surface area contributed by atoms with Gasteiger partial charge in [0, 0.05) is 45.3 Å². The number of pyridine rings is 1. The number of hydrogen-bond donors (Lipinski definition) is 0. The molecule has 2 saturated heterocycles. The second-order valence-electron chi connectivity index (χ2n) is 6.75. The Bertz CT molecular complexity index is 821. The summed E-state index contributed by atoms with van der Waals surface area (Å²) in [6.07, 6.45) is 4.98. The molecule has 0 N–H and O–H groups in total. The Labute approximate surface area is 151 Å². The number of carbonyl (C=O) groups excluding carboxylic acids is 1. The van der Waals surface area contributed by atoms with Gasteiger partial charge in [-0.2, -0.15) is 9.38 Å². The Morgan fingerprint density at radius 2 is 1.69 bits per heavy atom. The molecule has 9 heteroatoms. The van der Waals surface area contributed by atoms with Gasteiger partial charge in [0.05, 0.1) is 6.20 Å². The first-order valence-corrected chi connectivity index (χ1v) is 9.05. The second-order valence-corrected chi connectivity index (χ2v) is 6.75. The summed E-state index contributed by atoms with van der Waals surface area (Å²) in [7, 11) is 0. The van der Waals surface area contributed by atoms with Crippen LogP contribution in [0.25, 0.3) is 5.65 Å². The van der Waals surface area contributed by atoms with Crippen LogP contribution in [0.1, 0.15) is 19.3 Å². The van der Waals surface area contributed by atoms with Gasteiger partial charge in [0.25, 0.3) is 0 Å². The van der Waals surface area contributed by atoms with Gasteiger partial charge in [-0.25, -0.2) is 4.79 Å². The lowest BCUT2D eigenvalue weighted by Gasteiger charge is -2.38. The average Bonchev–Trinajstić information content (AvgIpc) is 3.08. The topological polar surface area (TPSA) is 87.2 Å². The van der Waals surface area contributed by atoms with Crippen LogP contribution in [0.15, 0.2) is 24.4 Å². The van der Waals surface area contributed by atoms with Crippen molar-refractivity contribution in [3.8, 4) is 0 Å². The van der Waals surface area contributed by atoms with E-state index in [9.17, 15) is 14.9 Å². The van der Waals surface area contributed by atoms with Crippen molar-refractivity contribution in [2.75, 3.05) is 44.2 Å². The Hall–Kier alpha value is -2.84. The Balaban J connectivity index is 1.50. The molecule has 2 aromatic heterocycles. The number of aromatic nitrogens is 2. The zero-order valence-corrected chi connectivity index (χ0v) is 14.6. The number of hydrogen-bond acceptors (Lipinski definition) is 5. The molecule has 2 aliphatic rings. The van der Waals surface area contributed by atoms with E-state index in [1.54, 1.807) is 18.3 Å². The van der Waals surface area contributed by atoms with Crippen LogP contribution in [0.5, 0.6) is 0 Å². The molecule has 0 aliphatic carbocycles. The quantitative estimate of drug-likeness (QED) is 0.605. The molecule has 26 heavy (non-hydrogen) atoms. The Kier molecular flexibility index (Phi) is 4.36. The lowest BCUT2D eigenvalue weighted by molar-refractivity contribution is -0.389. The highest BCUT2D eigenvalue weighted by Crippen LogP contribution is 2.29. The fourth-order valence-corrected chi connectivity index (χ4v) is 3.75. The zero-order chi connectivity index (χ0) is 18.1.